The Hall–Kier alpha value is -1.77. The van der Waals surface area contributed by atoms with E-state index in [0.717, 1.165) is 11.3 Å². The maximum absolute atomic E-state index is 14.2. The maximum atomic E-state index is 14.2. The van der Waals surface area contributed by atoms with E-state index >= 15 is 0 Å². The van der Waals surface area contributed by atoms with E-state index in [9.17, 15) is 4.39 Å². The Morgan fingerprint density at radius 2 is 1.86 bits per heavy atom. The Morgan fingerprint density at radius 3 is 2.59 bits per heavy atom. The van der Waals surface area contributed by atoms with Crippen LogP contribution in [0.3, 0.4) is 0 Å². The normalized spacial score (nSPS) is 28.0. The van der Waals surface area contributed by atoms with Crippen molar-refractivity contribution in [3.8, 4) is 11.3 Å². The SMILES string of the molecule is Cc1c(-c2ccccc2F)nnc2c1C1CCC2(C)C1(C)C. The largest absolute Gasteiger partial charge is 0.206 e. The third kappa shape index (κ3) is 1.44. The van der Waals surface area contributed by atoms with Crippen LogP contribution in [0.15, 0.2) is 24.3 Å². The van der Waals surface area contributed by atoms with Crippen molar-refractivity contribution in [2.75, 3.05) is 0 Å². The first-order valence-corrected chi connectivity index (χ1v) is 8.00. The lowest BCUT2D eigenvalue weighted by atomic mass is 9.70. The summed E-state index contributed by atoms with van der Waals surface area (Å²) in [6.45, 7) is 9.08. The fourth-order valence-electron chi connectivity index (χ4n) is 4.71. The lowest BCUT2D eigenvalue weighted by molar-refractivity contribution is 0.226. The molecule has 0 radical (unpaired) electrons. The van der Waals surface area contributed by atoms with Crippen molar-refractivity contribution in [2.45, 2.75) is 51.9 Å². The van der Waals surface area contributed by atoms with E-state index in [1.807, 2.05) is 6.07 Å². The number of nitrogens with zero attached hydrogens (tertiary/aromatic N) is 2. The Morgan fingerprint density at radius 1 is 1.14 bits per heavy atom. The highest BCUT2D eigenvalue weighted by molar-refractivity contribution is 5.67. The van der Waals surface area contributed by atoms with Crippen LogP contribution in [0.5, 0.6) is 0 Å². The number of benzene rings is 1. The molecule has 0 N–H and O–H groups in total. The molecule has 114 valence electrons. The third-order valence-electron chi connectivity index (χ3n) is 6.49. The number of hydrogen-bond acceptors (Lipinski definition) is 2. The molecule has 2 nitrogen and oxygen atoms in total. The minimum absolute atomic E-state index is 0.0958. The molecule has 4 rings (SSSR count). The summed E-state index contributed by atoms with van der Waals surface area (Å²) in [4.78, 5) is 0. The standard InChI is InChI=1S/C19H21FN2/c1-11-15-13-9-10-19(4,18(13,2)3)17(15)22-21-16(11)12-7-5-6-8-14(12)20/h5-8,13H,9-10H2,1-4H3. The molecule has 2 aliphatic carbocycles. The molecule has 0 saturated heterocycles. The summed E-state index contributed by atoms with van der Waals surface area (Å²) in [5, 5.41) is 8.99. The van der Waals surface area contributed by atoms with Crippen molar-refractivity contribution in [2.24, 2.45) is 5.41 Å². The Bertz CT molecular complexity index is 781. The molecule has 3 heteroatoms. The predicted molar refractivity (Wildman–Crippen MR) is 85.3 cm³/mol. The van der Waals surface area contributed by atoms with Gasteiger partial charge in [-0.05, 0) is 54.4 Å². The third-order valence-corrected chi connectivity index (χ3v) is 6.49. The average molecular weight is 296 g/mol. The highest BCUT2D eigenvalue weighted by Gasteiger charge is 2.61. The molecular weight excluding hydrogens is 275 g/mol. The topological polar surface area (TPSA) is 25.8 Å². The van der Waals surface area contributed by atoms with Gasteiger partial charge in [0, 0.05) is 11.0 Å². The molecule has 1 aromatic heterocycles. The van der Waals surface area contributed by atoms with Crippen LogP contribution in [-0.4, -0.2) is 10.2 Å². The zero-order chi connectivity index (χ0) is 15.7. The molecule has 2 aromatic rings. The molecule has 0 spiro atoms. The number of fused-ring (bicyclic) bond motifs is 5. The predicted octanol–water partition coefficient (Wildman–Crippen LogP) is 4.77. The van der Waals surface area contributed by atoms with Crippen molar-refractivity contribution in [3.05, 3.63) is 46.9 Å². The molecule has 1 fully saturated rings. The van der Waals surface area contributed by atoms with Crippen LogP contribution in [0.4, 0.5) is 4.39 Å². The number of aromatic nitrogens is 2. The maximum Gasteiger partial charge on any atom is 0.132 e. The van der Waals surface area contributed by atoms with Crippen molar-refractivity contribution in [1.29, 1.82) is 0 Å². The van der Waals surface area contributed by atoms with Gasteiger partial charge in [-0.1, -0.05) is 32.9 Å². The molecule has 2 atom stereocenters. The van der Waals surface area contributed by atoms with E-state index in [1.54, 1.807) is 12.1 Å². The van der Waals surface area contributed by atoms with Gasteiger partial charge < -0.3 is 0 Å². The van der Waals surface area contributed by atoms with Gasteiger partial charge in [-0.2, -0.15) is 5.10 Å². The molecule has 1 saturated carbocycles. The quantitative estimate of drug-likeness (QED) is 0.758. The highest BCUT2D eigenvalue weighted by Crippen LogP contribution is 2.67. The average Bonchev–Trinajstić information content (AvgIpc) is 2.81. The van der Waals surface area contributed by atoms with Crippen LogP contribution < -0.4 is 0 Å². The molecule has 1 heterocycles. The van der Waals surface area contributed by atoms with Gasteiger partial charge in [0.25, 0.3) is 0 Å². The van der Waals surface area contributed by atoms with Crippen LogP contribution in [0, 0.1) is 18.2 Å². The summed E-state index contributed by atoms with van der Waals surface area (Å²) in [6.07, 6.45) is 2.37. The number of hydrogen-bond donors (Lipinski definition) is 0. The molecular formula is C19H21FN2. The minimum Gasteiger partial charge on any atom is -0.206 e. The summed E-state index contributed by atoms with van der Waals surface area (Å²) < 4.78 is 14.2. The summed E-state index contributed by atoms with van der Waals surface area (Å²) in [6, 6.07) is 6.84. The second-order valence-electron chi connectivity index (χ2n) is 7.56. The van der Waals surface area contributed by atoms with E-state index in [4.69, 9.17) is 0 Å². The van der Waals surface area contributed by atoms with Crippen LogP contribution in [0.1, 0.15) is 56.4 Å². The van der Waals surface area contributed by atoms with Crippen LogP contribution in [0.25, 0.3) is 11.3 Å². The lowest BCUT2D eigenvalue weighted by Gasteiger charge is -2.33. The fourth-order valence-corrected chi connectivity index (χ4v) is 4.71. The Balaban J connectivity index is 1.97. The van der Waals surface area contributed by atoms with Gasteiger partial charge in [0.2, 0.25) is 0 Å². The zero-order valence-corrected chi connectivity index (χ0v) is 13.6. The van der Waals surface area contributed by atoms with Gasteiger partial charge in [0.05, 0.1) is 11.4 Å². The summed E-state index contributed by atoms with van der Waals surface area (Å²) >= 11 is 0. The molecule has 0 aliphatic heterocycles. The van der Waals surface area contributed by atoms with Gasteiger partial charge in [-0.15, -0.1) is 5.10 Å². The monoisotopic (exact) mass is 296 g/mol. The molecule has 1 aromatic carbocycles. The molecule has 0 amide bonds. The van der Waals surface area contributed by atoms with E-state index in [2.05, 4.69) is 37.9 Å². The van der Waals surface area contributed by atoms with Gasteiger partial charge in [-0.3, -0.25) is 0 Å². The minimum atomic E-state index is -0.228. The van der Waals surface area contributed by atoms with Gasteiger partial charge in [-0.25, -0.2) is 4.39 Å². The van der Waals surface area contributed by atoms with Crippen molar-refractivity contribution < 1.29 is 4.39 Å². The second-order valence-corrected chi connectivity index (χ2v) is 7.56. The van der Waals surface area contributed by atoms with E-state index < -0.39 is 0 Å². The number of halogens is 1. The van der Waals surface area contributed by atoms with Crippen molar-refractivity contribution >= 4 is 0 Å². The summed E-state index contributed by atoms with van der Waals surface area (Å²) in [5.41, 5.74) is 5.13. The van der Waals surface area contributed by atoms with Gasteiger partial charge in [0.1, 0.15) is 5.82 Å². The van der Waals surface area contributed by atoms with Crippen molar-refractivity contribution in [1.82, 2.24) is 10.2 Å². The Kier molecular flexibility index (Phi) is 2.62. The summed E-state index contributed by atoms with van der Waals surface area (Å²) in [5.74, 6) is 0.280. The Labute approximate surface area is 130 Å². The van der Waals surface area contributed by atoms with E-state index in [-0.39, 0.29) is 16.6 Å². The smallest absolute Gasteiger partial charge is 0.132 e. The van der Waals surface area contributed by atoms with Gasteiger partial charge >= 0.3 is 0 Å². The van der Waals surface area contributed by atoms with E-state index in [1.165, 1.54) is 24.5 Å². The second kappa shape index (κ2) is 4.15. The first kappa shape index (κ1) is 13.9. The summed E-state index contributed by atoms with van der Waals surface area (Å²) in [7, 11) is 0. The highest BCUT2D eigenvalue weighted by atomic mass is 19.1. The van der Waals surface area contributed by atoms with Crippen LogP contribution in [0.2, 0.25) is 0 Å². The first-order valence-electron chi connectivity index (χ1n) is 8.00. The molecule has 2 unspecified atom stereocenters. The van der Waals surface area contributed by atoms with Crippen LogP contribution >= 0.6 is 0 Å². The molecule has 2 bridgehead atoms. The first-order chi connectivity index (χ1) is 10.4. The van der Waals surface area contributed by atoms with E-state index in [0.29, 0.717) is 17.2 Å². The zero-order valence-electron chi connectivity index (χ0n) is 13.6. The van der Waals surface area contributed by atoms with Crippen molar-refractivity contribution in [3.63, 3.8) is 0 Å². The number of rotatable bonds is 1. The molecule has 22 heavy (non-hydrogen) atoms. The lowest BCUT2D eigenvalue weighted by Crippen LogP contribution is -2.32. The van der Waals surface area contributed by atoms with Crippen LogP contribution in [-0.2, 0) is 5.41 Å². The fraction of sp³-hybridized carbons (Fsp3) is 0.474. The van der Waals surface area contributed by atoms with Gasteiger partial charge in [0.15, 0.2) is 0 Å². The molecule has 2 aliphatic rings.